The summed E-state index contributed by atoms with van der Waals surface area (Å²) in [6, 6.07) is 16.2. The van der Waals surface area contributed by atoms with Gasteiger partial charge in [0.15, 0.2) is 0 Å². The van der Waals surface area contributed by atoms with Crippen molar-refractivity contribution in [1.82, 2.24) is 4.98 Å². The minimum Gasteiger partial charge on any atom is -0.248 e. The van der Waals surface area contributed by atoms with Crippen molar-refractivity contribution in [3.63, 3.8) is 0 Å². The Morgan fingerprint density at radius 1 is 0.938 bits per heavy atom. The SMILES string of the molecule is C(#Cc1ccccn1)CCc1ccccc1. The maximum atomic E-state index is 4.15. The van der Waals surface area contributed by atoms with Crippen LogP contribution in [-0.2, 0) is 6.42 Å². The van der Waals surface area contributed by atoms with Crippen molar-refractivity contribution in [2.75, 3.05) is 0 Å². The molecule has 16 heavy (non-hydrogen) atoms. The first kappa shape index (κ1) is 10.4. The molecule has 78 valence electrons. The third-order valence-electron chi connectivity index (χ3n) is 2.26. The van der Waals surface area contributed by atoms with Gasteiger partial charge in [0.05, 0.1) is 0 Å². The molecule has 0 amide bonds. The van der Waals surface area contributed by atoms with E-state index in [1.807, 2.05) is 24.3 Å². The molecule has 1 nitrogen and oxygen atoms in total. The van der Waals surface area contributed by atoms with Crippen LogP contribution in [0.1, 0.15) is 17.7 Å². The highest BCUT2D eigenvalue weighted by Gasteiger charge is 1.88. The quantitative estimate of drug-likeness (QED) is 0.690. The summed E-state index contributed by atoms with van der Waals surface area (Å²) in [7, 11) is 0. The van der Waals surface area contributed by atoms with Gasteiger partial charge in [0, 0.05) is 12.6 Å². The van der Waals surface area contributed by atoms with Crippen molar-refractivity contribution in [3.05, 3.63) is 66.0 Å². The lowest BCUT2D eigenvalue weighted by atomic mass is 10.1. The number of benzene rings is 1. The molecule has 2 rings (SSSR count). The average molecular weight is 207 g/mol. The van der Waals surface area contributed by atoms with Gasteiger partial charge in [0.25, 0.3) is 0 Å². The second-order valence-corrected chi connectivity index (χ2v) is 3.50. The predicted octanol–water partition coefficient (Wildman–Crippen LogP) is 3.07. The van der Waals surface area contributed by atoms with Gasteiger partial charge >= 0.3 is 0 Å². The van der Waals surface area contributed by atoms with E-state index in [-0.39, 0.29) is 0 Å². The van der Waals surface area contributed by atoms with Crippen LogP contribution in [0.2, 0.25) is 0 Å². The summed E-state index contributed by atoms with van der Waals surface area (Å²) in [5.74, 6) is 6.19. The van der Waals surface area contributed by atoms with Crippen molar-refractivity contribution in [2.24, 2.45) is 0 Å². The van der Waals surface area contributed by atoms with Gasteiger partial charge in [-0.05, 0) is 30.0 Å². The molecule has 0 unspecified atom stereocenters. The molecule has 2 aromatic rings. The van der Waals surface area contributed by atoms with E-state index in [1.54, 1.807) is 6.20 Å². The molecule has 0 N–H and O–H groups in total. The highest BCUT2D eigenvalue weighted by molar-refractivity contribution is 5.27. The number of aryl methyl sites for hydroxylation is 1. The van der Waals surface area contributed by atoms with Gasteiger partial charge in [0.2, 0.25) is 0 Å². The van der Waals surface area contributed by atoms with Crippen molar-refractivity contribution in [2.45, 2.75) is 12.8 Å². The first-order valence-corrected chi connectivity index (χ1v) is 5.39. The summed E-state index contributed by atoms with van der Waals surface area (Å²) in [5, 5.41) is 0. The number of hydrogen-bond acceptors (Lipinski definition) is 1. The number of rotatable bonds is 2. The normalized spacial score (nSPS) is 9.25. The molecule has 0 bridgehead atoms. The number of hydrogen-bond donors (Lipinski definition) is 0. The molecular weight excluding hydrogens is 194 g/mol. The number of pyridine rings is 1. The lowest BCUT2D eigenvalue weighted by Crippen LogP contribution is -1.82. The minimum absolute atomic E-state index is 0.843. The van der Waals surface area contributed by atoms with Gasteiger partial charge < -0.3 is 0 Å². The Morgan fingerprint density at radius 2 is 1.75 bits per heavy atom. The highest BCUT2D eigenvalue weighted by atomic mass is 14.6. The Hall–Kier alpha value is -2.07. The standard InChI is InChI=1S/C15H13N/c1-2-8-14(9-3-1)10-4-5-11-15-12-6-7-13-16-15/h1-3,6-9,12-13H,4,10H2. The van der Waals surface area contributed by atoms with E-state index < -0.39 is 0 Å². The van der Waals surface area contributed by atoms with Crippen molar-refractivity contribution < 1.29 is 0 Å². The van der Waals surface area contributed by atoms with E-state index in [0.717, 1.165) is 18.5 Å². The fourth-order valence-electron chi connectivity index (χ4n) is 1.44. The molecule has 0 fully saturated rings. The van der Waals surface area contributed by atoms with Gasteiger partial charge in [0.1, 0.15) is 5.69 Å². The molecule has 1 heterocycles. The highest BCUT2D eigenvalue weighted by Crippen LogP contribution is 2.01. The molecule has 0 aliphatic rings. The third kappa shape index (κ3) is 3.25. The topological polar surface area (TPSA) is 12.9 Å². The average Bonchev–Trinajstić information content (AvgIpc) is 2.37. The van der Waals surface area contributed by atoms with E-state index >= 15 is 0 Å². The van der Waals surface area contributed by atoms with Gasteiger partial charge in [-0.25, -0.2) is 4.98 Å². The molecule has 0 spiro atoms. The van der Waals surface area contributed by atoms with E-state index in [9.17, 15) is 0 Å². The molecule has 0 aliphatic heterocycles. The monoisotopic (exact) mass is 207 g/mol. The van der Waals surface area contributed by atoms with Gasteiger partial charge in [-0.1, -0.05) is 42.3 Å². The molecule has 1 aromatic heterocycles. The summed E-state index contributed by atoms with van der Waals surface area (Å²) in [4.78, 5) is 4.15. The molecule has 0 aliphatic carbocycles. The summed E-state index contributed by atoms with van der Waals surface area (Å²) in [6.45, 7) is 0. The van der Waals surface area contributed by atoms with Crippen LogP contribution in [0.5, 0.6) is 0 Å². The maximum Gasteiger partial charge on any atom is 0.113 e. The molecular formula is C15H13N. The van der Waals surface area contributed by atoms with Crippen molar-refractivity contribution in [1.29, 1.82) is 0 Å². The first-order valence-electron chi connectivity index (χ1n) is 5.39. The van der Waals surface area contributed by atoms with E-state index in [2.05, 4.69) is 41.1 Å². The van der Waals surface area contributed by atoms with Gasteiger partial charge in [-0.2, -0.15) is 0 Å². The van der Waals surface area contributed by atoms with Crippen LogP contribution < -0.4 is 0 Å². The predicted molar refractivity (Wildman–Crippen MR) is 65.9 cm³/mol. The zero-order valence-corrected chi connectivity index (χ0v) is 9.06. The summed E-state index contributed by atoms with van der Waals surface area (Å²) >= 11 is 0. The van der Waals surface area contributed by atoms with Crippen LogP contribution in [-0.4, -0.2) is 4.98 Å². The fraction of sp³-hybridized carbons (Fsp3) is 0.133. The largest absolute Gasteiger partial charge is 0.248 e. The van der Waals surface area contributed by atoms with Crippen LogP contribution >= 0.6 is 0 Å². The Labute approximate surface area is 96.2 Å². The fourth-order valence-corrected chi connectivity index (χ4v) is 1.44. The summed E-state index contributed by atoms with van der Waals surface area (Å²) < 4.78 is 0. The zero-order chi connectivity index (χ0) is 11.1. The lowest BCUT2D eigenvalue weighted by Gasteiger charge is -1.94. The van der Waals surface area contributed by atoms with Crippen LogP contribution in [0.15, 0.2) is 54.7 Å². The van der Waals surface area contributed by atoms with Crippen LogP contribution in [0, 0.1) is 11.8 Å². The Balaban J connectivity index is 1.87. The van der Waals surface area contributed by atoms with Gasteiger partial charge in [-0.3, -0.25) is 0 Å². The molecule has 0 atom stereocenters. The smallest absolute Gasteiger partial charge is 0.113 e. The van der Waals surface area contributed by atoms with Crippen molar-refractivity contribution >= 4 is 0 Å². The lowest BCUT2D eigenvalue weighted by molar-refractivity contribution is 1.03. The maximum absolute atomic E-state index is 4.15. The van der Waals surface area contributed by atoms with E-state index in [1.165, 1.54) is 5.56 Å². The first-order chi connectivity index (χ1) is 7.95. The zero-order valence-electron chi connectivity index (χ0n) is 9.06. The van der Waals surface area contributed by atoms with E-state index in [4.69, 9.17) is 0 Å². The molecule has 1 heteroatoms. The van der Waals surface area contributed by atoms with Crippen LogP contribution in [0.4, 0.5) is 0 Å². The summed E-state index contributed by atoms with van der Waals surface area (Å²) in [6.07, 6.45) is 3.64. The van der Waals surface area contributed by atoms with E-state index in [0.29, 0.717) is 0 Å². The Bertz CT molecular complexity index is 477. The second-order valence-electron chi connectivity index (χ2n) is 3.50. The molecule has 0 saturated heterocycles. The van der Waals surface area contributed by atoms with Gasteiger partial charge in [-0.15, -0.1) is 0 Å². The third-order valence-corrected chi connectivity index (χ3v) is 2.26. The van der Waals surface area contributed by atoms with Crippen LogP contribution in [0.3, 0.4) is 0 Å². The second kappa shape index (κ2) is 5.72. The Morgan fingerprint density at radius 3 is 2.50 bits per heavy atom. The summed E-state index contributed by atoms with van der Waals surface area (Å²) in [5.41, 5.74) is 2.17. The molecule has 0 saturated carbocycles. The molecule has 0 radical (unpaired) electrons. The number of nitrogens with zero attached hydrogens (tertiary/aromatic N) is 1. The Kier molecular flexibility index (Phi) is 3.74. The molecule has 1 aromatic carbocycles. The number of aromatic nitrogens is 1. The van der Waals surface area contributed by atoms with Crippen LogP contribution in [0.25, 0.3) is 0 Å². The van der Waals surface area contributed by atoms with Crippen molar-refractivity contribution in [3.8, 4) is 11.8 Å². The minimum atomic E-state index is 0.843.